The zero-order chi connectivity index (χ0) is 15.9. The van der Waals surface area contributed by atoms with E-state index in [0.717, 1.165) is 31.0 Å². The Bertz CT molecular complexity index is 607. The standard InChI is InChI=1S/C11H14NO.C8H9NO/c1-2-9-4-3-5-11-10(6-9)7-12-8-13-11;1-2-4-8-7(3-1)5-9-6-10-8/h3-6,12H,2,7-8H2,1H3;1-4,9H,5-6H2. The van der Waals surface area contributed by atoms with Gasteiger partial charge in [-0.25, -0.2) is 0 Å². The van der Waals surface area contributed by atoms with Crippen LogP contribution >= 0.6 is 0 Å². The normalized spacial score (nSPS) is 19.1. The number of nitrogens with one attached hydrogen (secondary N) is 2. The van der Waals surface area contributed by atoms with Gasteiger partial charge in [-0.3, -0.25) is 10.6 Å². The highest BCUT2D eigenvalue weighted by atomic mass is 16.5. The molecule has 0 unspecified atom stereocenters. The lowest BCUT2D eigenvalue weighted by Crippen LogP contribution is -2.26. The van der Waals surface area contributed by atoms with Gasteiger partial charge in [0.05, 0.1) is 0 Å². The molecular formula is C19H23N2O2. The highest BCUT2D eigenvalue weighted by Crippen LogP contribution is 2.21. The van der Waals surface area contributed by atoms with Gasteiger partial charge < -0.3 is 9.47 Å². The number of allylic oxidation sites excluding steroid dienone is 3. The predicted molar refractivity (Wildman–Crippen MR) is 91.6 cm³/mol. The molecule has 1 aliphatic carbocycles. The fourth-order valence-electron chi connectivity index (χ4n) is 2.63. The molecule has 4 heteroatoms. The van der Waals surface area contributed by atoms with Gasteiger partial charge in [0.1, 0.15) is 25.0 Å². The summed E-state index contributed by atoms with van der Waals surface area (Å²) in [5, 5.41) is 6.30. The number of para-hydroxylation sites is 1. The van der Waals surface area contributed by atoms with Crippen LogP contribution in [0.5, 0.6) is 5.75 Å². The molecule has 0 saturated carbocycles. The molecule has 0 amide bonds. The summed E-state index contributed by atoms with van der Waals surface area (Å²) in [4.78, 5) is 0. The zero-order valence-electron chi connectivity index (χ0n) is 13.5. The number of hydrogen-bond acceptors (Lipinski definition) is 4. The maximum Gasteiger partial charge on any atom is 0.139 e. The van der Waals surface area contributed by atoms with Crippen LogP contribution in [-0.4, -0.2) is 20.0 Å². The molecule has 1 radical (unpaired) electrons. The van der Waals surface area contributed by atoms with E-state index in [9.17, 15) is 0 Å². The van der Waals surface area contributed by atoms with E-state index in [1.54, 1.807) is 0 Å². The van der Waals surface area contributed by atoms with E-state index in [-0.39, 0.29) is 0 Å². The van der Waals surface area contributed by atoms with Gasteiger partial charge in [0.2, 0.25) is 0 Å². The molecule has 3 aliphatic rings. The maximum absolute atomic E-state index is 5.47. The summed E-state index contributed by atoms with van der Waals surface area (Å²) >= 11 is 0. The van der Waals surface area contributed by atoms with Gasteiger partial charge in [0.25, 0.3) is 0 Å². The lowest BCUT2D eigenvalue weighted by Gasteiger charge is -2.18. The molecule has 0 atom stereocenters. The van der Waals surface area contributed by atoms with Crippen molar-refractivity contribution in [2.45, 2.75) is 19.9 Å². The second-order valence-corrected chi connectivity index (χ2v) is 5.53. The predicted octanol–water partition coefficient (Wildman–Crippen LogP) is 3.05. The number of ether oxygens (including phenoxy) is 2. The Labute approximate surface area is 137 Å². The Hall–Kier alpha value is -2.04. The second kappa shape index (κ2) is 7.99. The summed E-state index contributed by atoms with van der Waals surface area (Å²) in [5.41, 5.74) is 3.86. The van der Waals surface area contributed by atoms with Crippen LogP contribution in [-0.2, 0) is 11.3 Å². The van der Waals surface area contributed by atoms with Crippen LogP contribution < -0.4 is 15.4 Å². The van der Waals surface area contributed by atoms with Crippen molar-refractivity contribution in [3.8, 4) is 5.75 Å². The Morgan fingerprint density at radius 2 is 1.87 bits per heavy atom. The van der Waals surface area contributed by atoms with Crippen molar-refractivity contribution >= 4 is 0 Å². The van der Waals surface area contributed by atoms with Crippen LogP contribution in [0.3, 0.4) is 0 Å². The van der Waals surface area contributed by atoms with Crippen molar-refractivity contribution < 1.29 is 9.47 Å². The lowest BCUT2D eigenvalue weighted by molar-refractivity contribution is 0.180. The van der Waals surface area contributed by atoms with Crippen molar-refractivity contribution in [1.29, 1.82) is 0 Å². The maximum atomic E-state index is 5.47. The van der Waals surface area contributed by atoms with Crippen LogP contribution in [0.1, 0.15) is 18.9 Å². The molecule has 4 rings (SSSR count). The molecule has 23 heavy (non-hydrogen) atoms. The first kappa shape index (κ1) is 15.8. The van der Waals surface area contributed by atoms with Gasteiger partial charge in [-0.1, -0.05) is 43.4 Å². The van der Waals surface area contributed by atoms with E-state index < -0.39 is 0 Å². The first-order valence-corrected chi connectivity index (χ1v) is 8.07. The van der Waals surface area contributed by atoms with E-state index >= 15 is 0 Å². The summed E-state index contributed by atoms with van der Waals surface area (Å²) < 4.78 is 10.8. The third-order valence-electron chi connectivity index (χ3n) is 3.91. The average Bonchev–Trinajstić information content (AvgIpc) is 2.84. The van der Waals surface area contributed by atoms with Crippen LogP contribution in [0.2, 0.25) is 0 Å². The Morgan fingerprint density at radius 1 is 1.04 bits per heavy atom. The molecular weight excluding hydrogens is 288 g/mol. The van der Waals surface area contributed by atoms with E-state index in [0.29, 0.717) is 13.5 Å². The molecule has 0 saturated heterocycles. The third kappa shape index (κ3) is 4.24. The van der Waals surface area contributed by atoms with Crippen LogP contribution in [0, 0.1) is 6.42 Å². The zero-order valence-corrected chi connectivity index (χ0v) is 13.5. The van der Waals surface area contributed by atoms with Crippen LogP contribution in [0.25, 0.3) is 0 Å². The molecule has 121 valence electrons. The van der Waals surface area contributed by atoms with E-state index in [1.807, 2.05) is 24.6 Å². The largest absolute Gasteiger partial charge is 0.482 e. The monoisotopic (exact) mass is 311 g/mol. The van der Waals surface area contributed by atoms with Crippen molar-refractivity contribution in [3.05, 3.63) is 71.4 Å². The fraction of sp³-hybridized carbons (Fsp3) is 0.316. The molecule has 0 aromatic heterocycles. The molecule has 2 aliphatic heterocycles. The molecule has 0 fully saturated rings. The Kier molecular flexibility index (Phi) is 5.51. The van der Waals surface area contributed by atoms with Crippen molar-refractivity contribution in [2.24, 2.45) is 0 Å². The quantitative estimate of drug-likeness (QED) is 0.836. The van der Waals surface area contributed by atoms with Crippen LogP contribution in [0.4, 0.5) is 0 Å². The van der Waals surface area contributed by atoms with Crippen LogP contribution in [0.15, 0.2) is 59.4 Å². The molecule has 1 aromatic carbocycles. The second-order valence-electron chi connectivity index (χ2n) is 5.53. The third-order valence-corrected chi connectivity index (χ3v) is 3.91. The number of rotatable bonds is 1. The number of hydrogen-bond donors (Lipinski definition) is 2. The minimum Gasteiger partial charge on any atom is -0.482 e. The first-order chi connectivity index (χ1) is 11.4. The average molecular weight is 311 g/mol. The summed E-state index contributed by atoms with van der Waals surface area (Å²) in [5.74, 6) is 2.03. The fourth-order valence-corrected chi connectivity index (χ4v) is 2.63. The number of benzene rings is 1. The summed E-state index contributed by atoms with van der Waals surface area (Å²) in [7, 11) is 0. The highest BCUT2D eigenvalue weighted by Gasteiger charge is 2.12. The minimum atomic E-state index is 0.623. The molecule has 4 nitrogen and oxygen atoms in total. The smallest absolute Gasteiger partial charge is 0.139 e. The first-order valence-electron chi connectivity index (χ1n) is 8.07. The minimum absolute atomic E-state index is 0.623. The van der Waals surface area contributed by atoms with E-state index in [1.165, 1.54) is 16.7 Å². The molecule has 2 N–H and O–H groups in total. The summed E-state index contributed by atoms with van der Waals surface area (Å²) in [6, 6.07) is 8.08. The molecule has 2 heterocycles. The van der Waals surface area contributed by atoms with E-state index in [2.05, 4.69) is 41.9 Å². The van der Waals surface area contributed by atoms with Gasteiger partial charge in [-0.15, -0.1) is 0 Å². The Balaban J connectivity index is 0.000000140. The molecule has 0 spiro atoms. The van der Waals surface area contributed by atoms with Gasteiger partial charge in [-0.2, -0.15) is 0 Å². The SMILES string of the molecule is CCC1=CC2=C([CH]C=C1)OCNC2.c1ccc2c(c1)CNCO2. The number of fused-ring (bicyclic) bond motifs is 1. The lowest BCUT2D eigenvalue weighted by atomic mass is 10.1. The summed E-state index contributed by atoms with van der Waals surface area (Å²) in [6.07, 6.45) is 9.52. The van der Waals surface area contributed by atoms with Gasteiger partial charge in [-0.05, 0) is 18.1 Å². The summed E-state index contributed by atoms with van der Waals surface area (Å²) in [6.45, 7) is 5.27. The highest BCUT2D eigenvalue weighted by molar-refractivity contribution is 5.41. The van der Waals surface area contributed by atoms with Crippen molar-refractivity contribution in [1.82, 2.24) is 10.6 Å². The van der Waals surface area contributed by atoms with Crippen molar-refractivity contribution in [3.63, 3.8) is 0 Å². The van der Waals surface area contributed by atoms with Gasteiger partial charge >= 0.3 is 0 Å². The topological polar surface area (TPSA) is 42.5 Å². The molecule has 1 aromatic rings. The molecule has 0 bridgehead atoms. The van der Waals surface area contributed by atoms with Gasteiger partial charge in [0, 0.05) is 30.6 Å². The Morgan fingerprint density at radius 3 is 2.74 bits per heavy atom. The van der Waals surface area contributed by atoms with Crippen molar-refractivity contribution in [2.75, 3.05) is 20.0 Å². The van der Waals surface area contributed by atoms with E-state index in [4.69, 9.17) is 9.47 Å². The van der Waals surface area contributed by atoms with Gasteiger partial charge in [0.15, 0.2) is 0 Å².